The van der Waals surface area contributed by atoms with Crippen molar-refractivity contribution in [1.29, 1.82) is 0 Å². The molecule has 3 aromatic rings. The first-order chi connectivity index (χ1) is 16.8. The van der Waals surface area contributed by atoms with E-state index in [4.69, 9.17) is 0 Å². The molecule has 0 bridgehead atoms. The van der Waals surface area contributed by atoms with Gasteiger partial charge in [-0.3, -0.25) is 14.9 Å². The molecule has 0 aromatic heterocycles. The molecule has 1 saturated heterocycles. The fourth-order valence-corrected chi connectivity index (χ4v) is 4.41. The molecule has 0 spiro atoms. The predicted octanol–water partition coefficient (Wildman–Crippen LogP) is 5.85. The van der Waals surface area contributed by atoms with Gasteiger partial charge in [0.2, 0.25) is 0 Å². The van der Waals surface area contributed by atoms with Crippen molar-refractivity contribution in [2.75, 3.05) is 36.4 Å². The maximum absolute atomic E-state index is 13.0. The fraction of sp³-hybridized carbons (Fsp3) is 0.321. The zero-order valence-corrected chi connectivity index (χ0v) is 20.5. The van der Waals surface area contributed by atoms with E-state index in [1.54, 1.807) is 12.1 Å². The van der Waals surface area contributed by atoms with Crippen LogP contribution >= 0.6 is 0 Å². The number of rotatable bonds is 7. The average molecular weight is 473 g/mol. The molecule has 1 N–H and O–H groups in total. The number of nitrogens with one attached hydrogen (secondary N) is 1. The molecule has 1 atom stereocenters. The zero-order chi connectivity index (χ0) is 24.9. The molecule has 0 saturated carbocycles. The van der Waals surface area contributed by atoms with Gasteiger partial charge in [-0.2, -0.15) is 0 Å². The number of carbonyl (C=O) groups is 1. The molecule has 1 heterocycles. The number of hydrogen-bond donors (Lipinski definition) is 1. The Balaban J connectivity index is 1.45. The van der Waals surface area contributed by atoms with E-state index in [2.05, 4.69) is 24.1 Å². The first-order valence-electron chi connectivity index (χ1n) is 12.1. The van der Waals surface area contributed by atoms with Crippen LogP contribution in [0, 0.1) is 10.1 Å². The number of anilines is 2. The van der Waals surface area contributed by atoms with E-state index < -0.39 is 0 Å². The second-order valence-corrected chi connectivity index (χ2v) is 9.29. The van der Waals surface area contributed by atoms with Crippen LogP contribution in [0.1, 0.15) is 54.2 Å². The highest BCUT2D eigenvalue weighted by Crippen LogP contribution is 2.33. The molecule has 1 aliphatic heterocycles. The summed E-state index contributed by atoms with van der Waals surface area (Å²) < 4.78 is 0. The Hall–Kier alpha value is -3.87. The van der Waals surface area contributed by atoms with Crippen LogP contribution in [0.15, 0.2) is 72.8 Å². The molecule has 35 heavy (non-hydrogen) atoms. The average Bonchev–Trinajstić information content (AvgIpc) is 2.88. The topological polar surface area (TPSA) is 78.7 Å². The van der Waals surface area contributed by atoms with Crippen molar-refractivity contribution in [3.63, 3.8) is 0 Å². The van der Waals surface area contributed by atoms with Crippen molar-refractivity contribution in [3.05, 3.63) is 99.6 Å². The van der Waals surface area contributed by atoms with Gasteiger partial charge in [-0.25, -0.2) is 0 Å². The molecule has 7 nitrogen and oxygen atoms in total. The van der Waals surface area contributed by atoms with Gasteiger partial charge in [0.05, 0.1) is 4.92 Å². The monoisotopic (exact) mass is 472 g/mol. The Morgan fingerprint density at radius 1 is 0.886 bits per heavy atom. The molecule has 7 heteroatoms. The van der Waals surface area contributed by atoms with Gasteiger partial charge in [0.25, 0.3) is 11.6 Å². The van der Waals surface area contributed by atoms with E-state index in [1.807, 2.05) is 72.5 Å². The van der Waals surface area contributed by atoms with Crippen LogP contribution in [0.2, 0.25) is 0 Å². The van der Waals surface area contributed by atoms with Crippen molar-refractivity contribution in [2.45, 2.75) is 32.7 Å². The number of carbonyl (C=O) groups excluding carboxylic acids is 1. The summed E-state index contributed by atoms with van der Waals surface area (Å²) in [6.45, 7) is 8.80. The molecule has 1 aliphatic rings. The second-order valence-electron chi connectivity index (χ2n) is 9.29. The van der Waals surface area contributed by atoms with Crippen molar-refractivity contribution in [1.82, 2.24) is 4.90 Å². The third kappa shape index (κ3) is 5.62. The highest BCUT2D eigenvalue weighted by atomic mass is 16.6. The molecular formula is C28H32N4O3. The zero-order valence-electron chi connectivity index (χ0n) is 20.5. The number of piperazine rings is 1. The van der Waals surface area contributed by atoms with Crippen LogP contribution in [0.25, 0.3) is 0 Å². The Bertz CT molecular complexity index is 1170. The van der Waals surface area contributed by atoms with Gasteiger partial charge in [0.15, 0.2) is 0 Å². The number of benzene rings is 3. The highest BCUT2D eigenvalue weighted by molar-refractivity contribution is 5.94. The summed E-state index contributed by atoms with van der Waals surface area (Å²) in [5.74, 6) is 0.474. The maximum Gasteiger partial charge on any atom is 0.292 e. The summed E-state index contributed by atoms with van der Waals surface area (Å²) in [6.07, 6.45) is 0. The van der Waals surface area contributed by atoms with Crippen LogP contribution in [0.3, 0.4) is 0 Å². The third-order valence-electron chi connectivity index (χ3n) is 6.60. The van der Waals surface area contributed by atoms with Crippen LogP contribution in [-0.2, 0) is 0 Å². The minimum atomic E-state index is -0.356. The van der Waals surface area contributed by atoms with Crippen molar-refractivity contribution < 1.29 is 9.72 Å². The fourth-order valence-electron chi connectivity index (χ4n) is 4.41. The summed E-state index contributed by atoms with van der Waals surface area (Å²) >= 11 is 0. The molecule has 0 aliphatic carbocycles. The van der Waals surface area contributed by atoms with Crippen molar-refractivity contribution >= 4 is 23.0 Å². The van der Waals surface area contributed by atoms with Gasteiger partial charge in [-0.05, 0) is 48.2 Å². The van der Waals surface area contributed by atoms with Crippen molar-refractivity contribution in [2.24, 2.45) is 0 Å². The lowest BCUT2D eigenvalue weighted by molar-refractivity contribution is -0.384. The van der Waals surface area contributed by atoms with E-state index in [-0.39, 0.29) is 22.6 Å². The standard InChI is InChI=1S/C28H32N4O3/c1-20(2)22-9-11-24(12-10-22)28(33)31-17-15-30(16-18-31)25-13-14-27(32(34)35)26(19-25)29-21(3)23-7-5-4-6-8-23/h4-14,19-21,29H,15-18H2,1-3H3/t21-/m1/s1. The smallest absolute Gasteiger partial charge is 0.292 e. The van der Waals surface area contributed by atoms with Crippen LogP contribution in [-0.4, -0.2) is 41.9 Å². The summed E-state index contributed by atoms with van der Waals surface area (Å²) in [4.78, 5) is 28.3. The third-order valence-corrected chi connectivity index (χ3v) is 6.60. The van der Waals surface area contributed by atoms with Gasteiger partial charge in [0.1, 0.15) is 5.69 Å². The number of hydrogen-bond acceptors (Lipinski definition) is 5. The normalized spacial score (nSPS) is 14.6. The van der Waals surface area contributed by atoms with E-state index in [0.29, 0.717) is 43.3 Å². The second kappa shape index (κ2) is 10.6. The maximum atomic E-state index is 13.0. The summed E-state index contributed by atoms with van der Waals surface area (Å²) in [5.41, 5.74) is 4.44. The lowest BCUT2D eigenvalue weighted by Crippen LogP contribution is -2.48. The van der Waals surface area contributed by atoms with Crippen LogP contribution in [0.4, 0.5) is 17.1 Å². The Morgan fingerprint density at radius 2 is 1.54 bits per heavy atom. The number of nitro groups is 1. The molecule has 3 aromatic carbocycles. The van der Waals surface area contributed by atoms with Crippen molar-refractivity contribution in [3.8, 4) is 0 Å². The minimum Gasteiger partial charge on any atom is -0.373 e. The first kappa shape index (κ1) is 24.3. The van der Waals surface area contributed by atoms with Gasteiger partial charge >= 0.3 is 0 Å². The van der Waals surface area contributed by atoms with Gasteiger partial charge in [-0.15, -0.1) is 0 Å². The lowest BCUT2D eigenvalue weighted by atomic mass is 10.0. The van der Waals surface area contributed by atoms with Crippen LogP contribution < -0.4 is 10.2 Å². The first-order valence-corrected chi connectivity index (χ1v) is 12.1. The Kier molecular flexibility index (Phi) is 7.34. The summed E-state index contributed by atoms with van der Waals surface area (Å²) in [6, 6.07) is 22.8. The molecule has 1 amide bonds. The molecule has 1 fully saturated rings. The SMILES string of the molecule is CC(C)c1ccc(C(=O)N2CCN(c3ccc([N+](=O)[O-])c(N[C@H](C)c4ccccc4)c3)CC2)cc1. The van der Waals surface area contributed by atoms with Gasteiger partial charge in [-0.1, -0.05) is 56.3 Å². The number of nitrogens with zero attached hydrogens (tertiary/aromatic N) is 3. The van der Waals surface area contributed by atoms with E-state index in [9.17, 15) is 14.9 Å². The summed E-state index contributed by atoms with van der Waals surface area (Å²) in [7, 11) is 0. The largest absolute Gasteiger partial charge is 0.373 e. The quantitative estimate of drug-likeness (QED) is 0.344. The number of nitro benzene ring substituents is 1. The van der Waals surface area contributed by atoms with Crippen LogP contribution in [0.5, 0.6) is 0 Å². The predicted molar refractivity (Wildman–Crippen MR) is 140 cm³/mol. The highest BCUT2D eigenvalue weighted by Gasteiger charge is 2.24. The Morgan fingerprint density at radius 3 is 2.14 bits per heavy atom. The summed E-state index contributed by atoms with van der Waals surface area (Å²) in [5, 5.41) is 15.0. The van der Waals surface area contributed by atoms with E-state index in [0.717, 1.165) is 11.3 Å². The molecule has 0 unspecified atom stereocenters. The molecule has 4 rings (SSSR count). The Labute approximate surface area is 206 Å². The van der Waals surface area contributed by atoms with E-state index >= 15 is 0 Å². The minimum absolute atomic E-state index is 0.0442. The molecule has 182 valence electrons. The van der Waals surface area contributed by atoms with Gasteiger partial charge in [0, 0.05) is 49.5 Å². The molecule has 0 radical (unpaired) electrons. The number of amides is 1. The molecular weight excluding hydrogens is 440 g/mol. The van der Waals surface area contributed by atoms with Gasteiger partial charge < -0.3 is 15.1 Å². The lowest BCUT2D eigenvalue weighted by Gasteiger charge is -2.36. The van der Waals surface area contributed by atoms with E-state index in [1.165, 1.54) is 5.56 Å².